The normalized spacial score (nSPS) is 12.9. The lowest BCUT2D eigenvalue weighted by Gasteiger charge is -1.82. The van der Waals surface area contributed by atoms with E-state index < -0.39 is 11.1 Å². The second-order valence-corrected chi connectivity index (χ2v) is 2.97. The molecular weight excluding hydrogens is 171 g/mol. The number of hydrogen-bond acceptors (Lipinski definition) is 1. The molecule has 1 atom stereocenters. The maximum Gasteiger partial charge on any atom is 0.156 e. The van der Waals surface area contributed by atoms with E-state index in [2.05, 4.69) is 0 Å². The first-order valence-corrected chi connectivity index (χ1v) is 3.74. The third-order valence-corrected chi connectivity index (χ3v) is 1.14. The van der Waals surface area contributed by atoms with Gasteiger partial charge in [-0.15, -0.1) is 0 Å². The average molecular weight is 175 g/mol. The first-order valence-electron chi connectivity index (χ1n) is 1.71. The quantitative estimate of drug-likeness (QED) is 0.646. The van der Waals surface area contributed by atoms with E-state index >= 15 is 0 Å². The van der Waals surface area contributed by atoms with Crippen LogP contribution >= 0.6 is 23.2 Å². The van der Waals surface area contributed by atoms with Crippen LogP contribution in [0.5, 0.6) is 0 Å². The molecule has 0 aromatic rings. The Morgan fingerprint density at radius 2 is 2.25 bits per heavy atom. The Balaban J connectivity index is 3.45. The molecule has 1 N–H and O–H groups in total. The van der Waals surface area contributed by atoms with Gasteiger partial charge in [-0.1, -0.05) is 23.2 Å². The molecule has 0 aliphatic rings. The molecule has 0 radical (unpaired) electrons. The van der Waals surface area contributed by atoms with Gasteiger partial charge >= 0.3 is 0 Å². The fourth-order valence-electron chi connectivity index (χ4n) is 0.134. The van der Waals surface area contributed by atoms with Gasteiger partial charge in [0.2, 0.25) is 0 Å². The predicted molar refractivity (Wildman–Crippen MR) is 35.4 cm³/mol. The number of rotatable bonds is 2. The Hall–Kier alpha value is 0.430. The van der Waals surface area contributed by atoms with Crippen LogP contribution in [0, 0.1) is 0 Å². The van der Waals surface area contributed by atoms with Crippen LogP contribution in [0.25, 0.3) is 0 Å². The van der Waals surface area contributed by atoms with E-state index in [1.165, 1.54) is 6.08 Å². The van der Waals surface area contributed by atoms with Crippen molar-refractivity contribution < 1.29 is 8.76 Å². The minimum Gasteiger partial charge on any atom is -0.306 e. The molecule has 0 saturated carbocycles. The highest BCUT2D eigenvalue weighted by Crippen LogP contribution is 2.04. The molecule has 48 valence electrons. The summed E-state index contributed by atoms with van der Waals surface area (Å²) in [6, 6.07) is 0. The summed E-state index contributed by atoms with van der Waals surface area (Å²) in [6.07, 6.45) is 1.26. The van der Waals surface area contributed by atoms with Crippen molar-refractivity contribution in [2.45, 2.75) is 0 Å². The van der Waals surface area contributed by atoms with E-state index in [1.807, 2.05) is 0 Å². The summed E-state index contributed by atoms with van der Waals surface area (Å²) >= 11 is 8.37. The van der Waals surface area contributed by atoms with Gasteiger partial charge < -0.3 is 4.55 Å². The Morgan fingerprint density at radius 3 is 2.38 bits per heavy atom. The molecule has 0 rings (SSSR count). The van der Waals surface area contributed by atoms with Gasteiger partial charge in [0.1, 0.15) is 4.49 Å². The van der Waals surface area contributed by atoms with Crippen LogP contribution in [0.15, 0.2) is 10.6 Å². The lowest BCUT2D eigenvalue weighted by molar-refractivity contribution is 0.567. The van der Waals surface area contributed by atoms with E-state index in [4.69, 9.17) is 27.8 Å². The van der Waals surface area contributed by atoms with Gasteiger partial charge in [0.05, 0.1) is 5.75 Å². The minimum absolute atomic E-state index is 0.0116. The lowest BCUT2D eigenvalue weighted by Crippen LogP contribution is -1.88. The summed E-state index contributed by atoms with van der Waals surface area (Å²) in [5, 5.41) is 0. The highest BCUT2D eigenvalue weighted by Gasteiger charge is 1.87. The van der Waals surface area contributed by atoms with Gasteiger partial charge in [-0.05, 0) is 6.08 Å². The summed E-state index contributed by atoms with van der Waals surface area (Å²) in [6.45, 7) is 0. The predicted octanol–water partition coefficient (Wildman–Crippen LogP) is 1.53. The molecule has 0 saturated heterocycles. The van der Waals surface area contributed by atoms with Crippen LogP contribution in [0.4, 0.5) is 0 Å². The summed E-state index contributed by atoms with van der Waals surface area (Å²) in [4.78, 5) is 0. The standard InChI is InChI=1S/C3H4Cl2O2S/c4-3(5)1-2-8(6)7/h1H,2H2,(H,6,7). The van der Waals surface area contributed by atoms with E-state index in [0.29, 0.717) is 0 Å². The van der Waals surface area contributed by atoms with Crippen LogP contribution in [0.2, 0.25) is 0 Å². The molecule has 0 spiro atoms. The van der Waals surface area contributed by atoms with Crippen LogP contribution < -0.4 is 0 Å². The molecule has 0 fully saturated rings. The Bertz CT molecular complexity index is 118. The monoisotopic (exact) mass is 174 g/mol. The summed E-state index contributed by atoms with van der Waals surface area (Å²) in [5.74, 6) is -0.0116. The van der Waals surface area contributed by atoms with Crippen LogP contribution in [-0.2, 0) is 11.1 Å². The zero-order valence-electron chi connectivity index (χ0n) is 3.80. The third-order valence-electron chi connectivity index (χ3n) is 0.380. The van der Waals surface area contributed by atoms with Gasteiger partial charge in [0.25, 0.3) is 0 Å². The highest BCUT2D eigenvalue weighted by molar-refractivity contribution is 7.79. The number of halogens is 2. The molecule has 2 nitrogen and oxygen atoms in total. The zero-order valence-corrected chi connectivity index (χ0v) is 6.13. The summed E-state index contributed by atoms with van der Waals surface area (Å²) < 4.78 is 18.0. The SMILES string of the molecule is O=S(O)CC=C(Cl)Cl. The van der Waals surface area contributed by atoms with Crippen molar-refractivity contribution in [2.24, 2.45) is 0 Å². The van der Waals surface area contributed by atoms with Crippen LogP contribution in [0.3, 0.4) is 0 Å². The maximum absolute atomic E-state index is 9.85. The zero-order chi connectivity index (χ0) is 6.57. The van der Waals surface area contributed by atoms with Crippen molar-refractivity contribution in [3.05, 3.63) is 10.6 Å². The van der Waals surface area contributed by atoms with Gasteiger partial charge in [0.15, 0.2) is 11.1 Å². The fraction of sp³-hybridized carbons (Fsp3) is 0.333. The minimum atomic E-state index is -1.83. The van der Waals surface area contributed by atoms with Crippen molar-refractivity contribution in [3.63, 3.8) is 0 Å². The van der Waals surface area contributed by atoms with Crippen LogP contribution in [-0.4, -0.2) is 14.5 Å². The smallest absolute Gasteiger partial charge is 0.156 e. The van der Waals surface area contributed by atoms with Crippen molar-refractivity contribution in [3.8, 4) is 0 Å². The molecule has 0 aliphatic carbocycles. The first-order chi connectivity index (χ1) is 3.63. The Morgan fingerprint density at radius 1 is 1.75 bits per heavy atom. The average Bonchev–Trinajstić information content (AvgIpc) is 1.61. The van der Waals surface area contributed by atoms with Crippen molar-refractivity contribution in [2.75, 3.05) is 5.75 Å². The second-order valence-electron chi connectivity index (χ2n) is 0.982. The fourth-order valence-corrected chi connectivity index (χ4v) is 0.781. The molecular formula is C3H4Cl2O2S. The second kappa shape index (κ2) is 4.32. The maximum atomic E-state index is 9.85. The molecule has 0 bridgehead atoms. The molecule has 0 amide bonds. The molecule has 0 heterocycles. The molecule has 0 aromatic heterocycles. The topological polar surface area (TPSA) is 37.3 Å². The Labute approximate surface area is 59.8 Å². The Kier molecular flexibility index (Phi) is 4.56. The largest absolute Gasteiger partial charge is 0.306 e. The van der Waals surface area contributed by atoms with Crippen molar-refractivity contribution >= 4 is 34.3 Å². The highest BCUT2D eigenvalue weighted by atomic mass is 35.5. The van der Waals surface area contributed by atoms with Crippen molar-refractivity contribution in [1.29, 1.82) is 0 Å². The molecule has 0 aliphatic heterocycles. The van der Waals surface area contributed by atoms with Gasteiger partial charge in [-0.3, -0.25) is 0 Å². The molecule has 0 aromatic carbocycles. The number of hydrogen-bond donors (Lipinski definition) is 1. The van der Waals surface area contributed by atoms with E-state index in [0.717, 1.165) is 0 Å². The van der Waals surface area contributed by atoms with E-state index in [1.54, 1.807) is 0 Å². The van der Waals surface area contributed by atoms with E-state index in [9.17, 15) is 4.21 Å². The third kappa shape index (κ3) is 6.43. The van der Waals surface area contributed by atoms with Gasteiger partial charge in [0, 0.05) is 0 Å². The first kappa shape index (κ1) is 8.43. The summed E-state index contributed by atoms with van der Waals surface area (Å²) in [7, 11) is 0. The van der Waals surface area contributed by atoms with E-state index in [-0.39, 0.29) is 10.2 Å². The molecule has 8 heavy (non-hydrogen) atoms. The van der Waals surface area contributed by atoms with Crippen molar-refractivity contribution in [1.82, 2.24) is 0 Å². The van der Waals surface area contributed by atoms with Gasteiger partial charge in [-0.25, -0.2) is 4.21 Å². The van der Waals surface area contributed by atoms with Crippen LogP contribution in [0.1, 0.15) is 0 Å². The lowest BCUT2D eigenvalue weighted by atomic mass is 10.8. The molecule has 1 unspecified atom stereocenters. The molecule has 5 heteroatoms. The summed E-state index contributed by atoms with van der Waals surface area (Å²) in [5.41, 5.74) is 0. The van der Waals surface area contributed by atoms with Gasteiger partial charge in [-0.2, -0.15) is 0 Å².